The molecule has 1 aliphatic rings. The average Bonchev–Trinajstić information content (AvgIpc) is 3.55. The first kappa shape index (κ1) is 30.9. The van der Waals surface area contributed by atoms with E-state index in [4.69, 9.17) is 0 Å². The molecule has 2 nitrogen and oxygen atoms in total. The van der Waals surface area contributed by atoms with Gasteiger partial charge in [-0.25, -0.2) is 0 Å². The van der Waals surface area contributed by atoms with Gasteiger partial charge in [-0.2, -0.15) is 0 Å². The van der Waals surface area contributed by atoms with Gasteiger partial charge in [0.25, 0.3) is 0 Å². The minimum Gasteiger partial charge on any atom is -0.314 e. The number of aryl methyl sites for hydroxylation is 1. The number of hydrogen-bond acceptors (Lipinski definition) is 1. The van der Waals surface area contributed by atoms with E-state index in [0.29, 0.717) is 0 Å². The van der Waals surface area contributed by atoms with Crippen molar-refractivity contribution in [3.63, 3.8) is 0 Å². The van der Waals surface area contributed by atoms with Gasteiger partial charge in [0.15, 0.2) is 0 Å². The summed E-state index contributed by atoms with van der Waals surface area (Å²) in [6, 6.07) is 57.2. The Hall–Kier alpha value is -6.12. The fourth-order valence-electron chi connectivity index (χ4n) is 8.24. The smallest absolute Gasteiger partial charge is 0.0540 e. The first-order valence-corrected chi connectivity index (χ1v) is 17.9. The van der Waals surface area contributed by atoms with E-state index < -0.39 is 0 Å². The third-order valence-corrected chi connectivity index (χ3v) is 11.0. The molecule has 7 aromatic carbocycles. The summed E-state index contributed by atoms with van der Waals surface area (Å²) in [7, 11) is 0. The molecule has 0 aliphatic heterocycles. The zero-order chi connectivity index (χ0) is 34.7. The standard InChI is InChI=1S/C49H40N2/c1-33-34(2)50(37-16-8-5-9-17-37)48-32-46-44(31-43(33)48)41-28-25-35(30-45(41)49(46,3)4)24-26-36-27-29-47(42-23-15-14-22-40(36)42)51(38-18-10-6-11-19-38)39-20-12-7-13-21-39/h5-32H,1-4H3/b26-24+. The van der Waals surface area contributed by atoms with E-state index in [-0.39, 0.29) is 5.41 Å². The van der Waals surface area contributed by atoms with Crippen molar-refractivity contribution in [2.75, 3.05) is 4.90 Å². The molecule has 0 fully saturated rings. The molecule has 1 aliphatic carbocycles. The Morgan fingerprint density at radius 3 is 1.82 bits per heavy atom. The number of anilines is 3. The lowest BCUT2D eigenvalue weighted by molar-refractivity contribution is 0.660. The molecule has 2 heteroatoms. The normalized spacial score (nSPS) is 13.2. The van der Waals surface area contributed by atoms with Gasteiger partial charge in [-0.1, -0.05) is 129 Å². The molecule has 8 aromatic rings. The molecule has 0 amide bonds. The van der Waals surface area contributed by atoms with Crippen molar-refractivity contribution in [2.45, 2.75) is 33.1 Å². The molecule has 0 bridgehead atoms. The largest absolute Gasteiger partial charge is 0.314 e. The molecule has 0 spiro atoms. The first-order valence-electron chi connectivity index (χ1n) is 17.9. The van der Waals surface area contributed by atoms with Crippen molar-refractivity contribution in [3.8, 4) is 16.8 Å². The zero-order valence-corrected chi connectivity index (χ0v) is 29.6. The lowest BCUT2D eigenvalue weighted by Crippen LogP contribution is -2.15. The van der Waals surface area contributed by atoms with Crippen molar-refractivity contribution in [1.29, 1.82) is 0 Å². The molecule has 1 aromatic heterocycles. The SMILES string of the molecule is Cc1c(C)n(-c2ccccc2)c2cc3c(cc12)-c1ccc(/C=C/c2ccc(N(c4ccccc4)c4ccccc4)c4ccccc24)cc1C3(C)C. The van der Waals surface area contributed by atoms with Crippen LogP contribution >= 0.6 is 0 Å². The molecule has 0 saturated carbocycles. The molecule has 246 valence electrons. The van der Waals surface area contributed by atoms with Gasteiger partial charge in [0, 0.05) is 38.9 Å². The number of hydrogen-bond donors (Lipinski definition) is 0. The van der Waals surface area contributed by atoms with Crippen molar-refractivity contribution in [2.24, 2.45) is 0 Å². The van der Waals surface area contributed by atoms with E-state index in [9.17, 15) is 0 Å². The lowest BCUT2D eigenvalue weighted by Gasteiger charge is -2.27. The molecule has 0 unspecified atom stereocenters. The number of fused-ring (bicyclic) bond motifs is 5. The van der Waals surface area contributed by atoms with Crippen LogP contribution in [-0.2, 0) is 5.41 Å². The maximum atomic E-state index is 2.45. The van der Waals surface area contributed by atoms with Crippen LogP contribution in [0.5, 0.6) is 0 Å². The van der Waals surface area contributed by atoms with E-state index in [0.717, 1.165) is 17.1 Å². The van der Waals surface area contributed by atoms with Crippen molar-refractivity contribution in [1.82, 2.24) is 4.57 Å². The highest BCUT2D eigenvalue weighted by Gasteiger charge is 2.36. The number of benzene rings is 7. The minimum atomic E-state index is -0.122. The Morgan fingerprint density at radius 2 is 1.14 bits per heavy atom. The molecule has 1 heterocycles. The number of rotatable bonds is 6. The number of para-hydroxylation sites is 3. The van der Waals surface area contributed by atoms with Crippen molar-refractivity contribution in [3.05, 3.63) is 191 Å². The second-order valence-corrected chi connectivity index (χ2v) is 14.3. The van der Waals surface area contributed by atoms with Crippen LogP contribution in [0.25, 0.3) is 50.6 Å². The van der Waals surface area contributed by atoms with E-state index in [1.807, 2.05) is 0 Å². The maximum Gasteiger partial charge on any atom is 0.0540 e. The Balaban J connectivity index is 1.10. The fourth-order valence-corrected chi connectivity index (χ4v) is 8.24. The molecule has 0 radical (unpaired) electrons. The summed E-state index contributed by atoms with van der Waals surface area (Å²) in [5.74, 6) is 0. The van der Waals surface area contributed by atoms with Gasteiger partial charge >= 0.3 is 0 Å². The van der Waals surface area contributed by atoms with Gasteiger partial charge in [0.1, 0.15) is 0 Å². The summed E-state index contributed by atoms with van der Waals surface area (Å²) in [4.78, 5) is 2.35. The second kappa shape index (κ2) is 12.0. The highest BCUT2D eigenvalue weighted by molar-refractivity contribution is 6.04. The molecule has 0 N–H and O–H groups in total. The van der Waals surface area contributed by atoms with Crippen LogP contribution in [0.3, 0.4) is 0 Å². The van der Waals surface area contributed by atoms with Crippen LogP contribution in [0.4, 0.5) is 17.1 Å². The Labute approximate surface area is 300 Å². The second-order valence-electron chi connectivity index (χ2n) is 14.3. The van der Waals surface area contributed by atoms with Crippen molar-refractivity contribution >= 4 is 50.9 Å². The quantitative estimate of drug-likeness (QED) is 0.162. The predicted molar refractivity (Wildman–Crippen MR) is 218 cm³/mol. The molecular weight excluding hydrogens is 617 g/mol. The molecule has 51 heavy (non-hydrogen) atoms. The van der Waals surface area contributed by atoms with Gasteiger partial charge in [-0.15, -0.1) is 0 Å². The van der Waals surface area contributed by atoms with Gasteiger partial charge in [-0.05, 0) is 113 Å². The summed E-state index contributed by atoms with van der Waals surface area (Å²) < 4.78 is 2.42. The van der Waals surface area contributed by atoms with Crippen LogP contribution in [0.2, 0.25) is 0 Å². The van der Waals surface area contributed by atoms with Crippen LogP contribution in [0.15, 0.2) is 158 Å². The lowest BCUT2D eigenvalue weighted by atomic mass is 9.81. The summed E-state index contributed by atoms with van der Waals surface area (Å²) in [6.07, 6.45) is 4.56. The Bertz CT molecular complexity index is 2570. The van der Waals surface area contributed by atoms with Crippen LogP contribution in [0.1, 0.15) is 47.4 Å². The van der Waals surface area contributed by atoms with E-state index in [1.165, 1.54) is 72.0 Å². The highest BCUT2D eigenvalue weighted by atomic mass is 15.1. The summed E-state index contributed by atoms with van der Waals surface area (Å²) in [5, 5.41) is 3.78. The van der Waals surface area contributed by atoms with E-state index in [1.54, 1.807) is 0 Å². The predicted octanol–water partition coefficient (Wildman–Crippen LogP) is 13.3. The fraction of sp³-hybridized carbons (Fsp3) is 0.102. The molecule has 9 rings (SSSR count). The third-order valence-electron chi connectivity index (χ3n) is 11.0. The Kier molecular flexibility index (Phi) is 7.29. The maximum absolute atomic E-state index is 2.45. The topological polar surface area (TPSA) is 8.17 Å². The Morgan fingerprint density at radius 1 is 0.529 bits per heavy atom. The van der Waals surface area contributed by atoms with Crippen LogP contribution in [0, 0.1) is 13.8 Å². The molecule has 0 atom stereocenters. The average molecular weight is 657 g/mol. The third kappa shape index (κ3) is 5.02. The summed E-state index contributed by atoms with van der Waals surface area (Å²) in [5.41, 5.74) is 16.3. The van der Waals surface area contributed by atoms with Crippen LogP contribution < -0.4 is 4.90 Å². The zero-order valence-electron chi connectivity index (χ0n) is 29.6. The number of aromatic nitrogens is 1. The first-order chi connectivity index (χ1) is 24.9. The van der Waals surface area contributed by atoms with Gasteiger partial charge in [0.2, 0.25) is 0 Å². The van der Waals surface area contributed by atoms with Crippen LogP contribution in [-0.4, -0.2) is 4.57 Å². The molecule has 0 saturated heterocycles. The van der Waals surface area contributed by atoms with E-state index >= 15 is 0 Å². The van der Waals surface area contributed by atoms with Gasteiger partial charge in [-0.3, -0.25) is 0 Å². The van der Waals surface area contributed by atoms with Gasteiger partial charge < -0.3 is 9.47 Å². The summed E-state index contributed by atoms with van der Waals surface area (Å²) >= 11 is 0. The molecular formula is C49H40N2. The van der Waals surface area contributed by atoms with Crippen molar-refractivity contribution < 1.29 is 0 Å². The van der Waals surface area contributed by atoms with Gasteiger partial charge in [0.05, 0.1) is 11.2 Å². The number of nitrogens with zero attached hydrogens (tertiary/aromatic N) is 2. The monoisotopic (exact) mass is 656 g/mol. The summed E-state index contributed by atoms with van der Waals surface area (Å²) in [6.45, 7) is 9.26. The highest BCUT2D eigenvalue weighted by Crippen LogP contribution is 2.51. The minimum absolute atomic E-state index is 0.122. The van der Waals surface area contributed by atoms with E-state index in [2.05, 4.69) is 207 Å².